The Kier molecular flexibility index (Phi) is 3.06. The number of rotatable bonds is 1. The Morgan fingerprint density at radius 2 is 1.86 bits per heavy atom. The van der Waals surface area contributed by atoms with Crippen molar-refractivity contribution in [1.29, 1.82) is 5.26 Å². The first-order valence-corrected chi connectivity index (χ1v) is 3.92. The Morgan fingerprint density at radius 3 is 2.29 bits per heavy atom. The molecule has 1 aliphatic heterocycles. The minimum atomic E-state index is -2.61. The lowest BCUT2D eigenvalue weighted by Gasteiger charge is -2.41. The highest BCUT2D eigenvalue weighted by atomic mass is 16.7. The molecular formula is C7H11NO6. The summed E-state index contributed by atoms with van der Waals surface area (Å²) in [5.74, 6) is -2.61. The molecule has 0 unspecified atom stereocenters. The van der Waals surface area contributed by atoms with Crippen LogP contribution in [0.5, 0.6) is 0 Å². The van der Waals surface area contributed by atoms with E-state index in [1.165, 1.54) is 6.07 Å². The largest absolute Gasteiger partial charge is 0.394 e. The molecule has 7 heteroatoms. The fraction of sp³-hybridized carbons (Fsp3) is 0.857. The van der Waals surface area contributed by atoms with E-state index in [9.17, 15) is 20.4 Å². The number of nitrogens with zero attached hydrogens (tertiary/aromatic N) is 1. The van der Waals surface area contributed by atoms with Crippen LogP contribution >= 0.6 is 0 Å². The normalized spacial score (nSPS) is 48.6. The topological polar surface area (TPSA) is 134 Å². The fourth-order valence-electron chi connectivity index (χ4n) is 1.25. The first-order valence-electron chi connectivity index (χ1n) is 3.92. The van der Waals surface area contributed by atoms with Gasteiger partial charge >= 0.3 is 0 Å². The third kappa shape index (κ3) is 1.59. The molecule has 0 spiro atoms. The Labute approximate surface area is 79.4 Å². The van der Waals surface area contributed by atoms with Crippen molar-refractivity contribution < 1.29 is 30.3 Å². The van der Waals surface area contributed by atoms with Crippen molar-refractivity contribution in [3.63, 3.8) is 0 Å². The second-order valence-corrected chi connectivity index (χ2v) is 3.07. The third-order valence-electron chi connectivity index (χ3n) is 2.13. The van der Waals surface area contributed by atoms with Crippen LogP contribution in [0.25, 0.3) is 0 Å². The highest BCUT2D eigenvalue weighted by Gasteiger charge is 2.53. The van der Waals surface area contributed by atoms with Crippen molar-refractivity contribution in [3.8, 4) is 6.07 Å². The van der Waals surface area contributed by atoms with Gasteiger partial charge in [0.15, 0.2) is 6.10 Å². The molecule has 7 nitrogen and oxygen atoms in total. The maximum atomic E-state index is 9.32. The van der Waals surface area contributed by atoms with Crippen LogP contribution in [0.1, 0.15) is 0 Å². The summed E-state index contributed by atoms with van der Waals surface area (Å²) >= 11 is 0. The van der Waals surface area contributed by atoms with E-state index in [1.54, 1.807) is 0 Å². The Bertz CT molecular complexity index is 251. The molecule has 1 rings (SSSR count). The number of aliphatic hydroxyl groups excluding tert-OH is 4. The van der Waals surface area contributed by atoms with Crippen molar-refractivity contribution in [2.45, 2.75) is 30.2 Å². The van der Waals surface area contributed by atoms with E-state index < -0.39 is 36.8 Å². The summed E-state index contributed by atoms with van der Waals surface area (Å²) in [4.78, 5) is 0. The van der Waals surface area contributed by atoms with Gasteiger partial charge < -0.3 is 30.3 Å². The van der Waals surface area contributed by atoms with Gasteiger partial charge in [-0.05, 0) is 0 Å². The van der Waals surface area contributed by atoms with Gasteiger partial charge in [-0.3, -0.25) is 0 Å². The average molecular weight is 205 g/mol. The van der Waals surface area contributed by atoms with E-state index >= 15 is 0 Å². The van der Waals surface area contributed by atoms with Gasteiger partial charge in [-0.25, -0.2) is 0 Å². The second-order valence-electron chi connectivity index (χ2n) is 3.07. The van der Waals surface area contributed by atoms with Crippen LogP contribution in [-0.2, 0) is 4.74 Å². The number of hydrogen-bond donors (Lipinski definition) is 5. The predicted molar refractivity (Wildman–Crippen MR) is 40.5 cm³/mol. The van der Waals surface area contributed by atoms with Gasteiger partial charge in [0.2, 0.25) is 0 Å². The van der Waals surface area contributed by atoms with Gasteiger partial charge in [-0.15, -0.1) is 0 Å². The van der Waals surface area contributed by atoms with Crippen LogP contribution in [0.2, 0.25) is 0 Å². The maximum absolute atomic E-state index is 9.32. The Hall–Kier alpha value is -0.750. The summed E-state index contributed by atoms with van der Waals surface area (Å²) < 4.78 is 4.55. The zero-order chi connectivity index (χ0) is 10.9. The highest BCUT2D eigenvalue weighted by Crippen LogP contribution is 2.27. The molecular weight excluding hydrogens is 194 g/mol. The van der Waals surface area contributed by atoms with Crippen molar-refractivity contribution in [1.82, 2.24) is 0 Å². The summed E-state index contributed by atoms with van der Waals surface area (Å²) in [5, 5.41) is 54.1. The van der Waals surface area contributed by atoms with E-state index in [4.69, 9.17) is 10.4 Å². The summed E-state index contributed by atoms with van der Waals surface area (Å²) in [6.07, 6.45) is -6.54. The molecule has 0 saturated carbocycles. The van der Waals surface area contributed by atoms with Crippen molar-refractivity contribution >= 4 is 0 Å². The van der Waals surface area contributed by atoms with Gasteiger partial charge in [-0.1, -0.05) is 0 Å². The number of ether oxygens (including phenoxy) is 1. The van der Waals surface area contributed by atoms with E-state index in [0.717, 1.165) is 0 Å². The quantitative estimate of drug-likeness (QED) is 0.283. The molecule has 5 atom stereocenters. The highest BCUT2D eigenvalue weighted by molar-refractivity contribution is 5.06. The summed E-state index contributed by atoms with van der Waals surface area (Å²) in [5.41, 5.74) is 0. The van der Waals surface area contributed by atoms with Gasteiger partial charge in [-0.2, -0.15) is 5.26 Å². The van der Waals surface area contributed by atoms with Gasteiger partial charge in [0.05, 0.1) is 6.61 Å². The van der Waals surface area contributed by atoms with Gasteiger partial charge in [0.25, 0.3) is 5.79 Å². The molecule has 0 aromatic carbocycles. The molecule has 14 heavy (non-hydrogen) atoms. The molecule has 1 saturated heterocycles. The van der Waals surface area contributed by atoms with Crippen LogP contribution in [0.3, 0.4) is 0 Å². The molecule has 0 aliphatic carbocycles. The average Bonchev–Trinajstić information content (AvgIpc) is 2.20. The Balaban J connectivity index is 2.91. The van der Waals surface area contributed by atoms with E-state index in [0.29, 0.717) is 0 Å². The molecule has 0 aromatic rings. The molecule has 0 radical (unpaired) electrons. The zero-order valence-corrected chi connectivity index (χ0v) is 7.11. The van der Waals surface area contributed by atoms with Crippen LogP contribution in [-0.4, -0.2) is 62.3 Å². The predicted octanol–water partition coefficient (Wildman–Crippen LogP) is -3.33. The smallest absolute Gasteiger partial charge is 0.286 e. The van der Waals surface area contributed by atoms with Gasteiger partial charge in [0.1, 0.15) is 24.4 Å². The molecule has 0 bridgehead atoms. The van der Waals surface area contributed by atoms with Crippen molar-refractivity contribution in [2.24, 2.45) is 0 Å². The lowest BCUT2D eigenvalue weighted by Crippen LogP contribution is -2.64. The van der Waals surface area contributed by atoms with Crippen LogP contribution in [0.15, 0.2) is 0 Å². The monoisotopic (exact) mass is 205 g/mol. The number of nitriles is 1. The van der Waals surface area contributed by atoms with Crippen molar-refractivity contribution in [3.05, 3.63) is 0 Å². The third-order valence-corrected chi connectivity index (χ3v) is 2.13. The van der Waals surface area contributed by atoms with Gasteiger partial charge in [0, 0.05) is 0 Å². The lowest BCUT2D eigenvalue weighted by atomic mass is 9.93. The summed E-state index contributed by atoms with van der Waals surface area (Å²) in [6, 6.07) is 1.25. The Morgan fingerprint density at radius 1 is 1.29 bits per heavy atom. The lowest BCUT2D eigenvalue weighted by molar-refractivity contribution is -0.323. The van der Waals surface area contributed by atoms with E-state index in [2.05, 4.69) is 4.74 Å². The summed E-state index contributed by atoms with van der Waals surface area (Å²) in [6.45, 7) is -0.686. The molecule has 1 fully saturated rings. The minimum absolute atomic E-state index is 0.686. The van der Waals surface area contributed by atoms with Crippen LogP contribution in [0.4, 0.5) is 0 Å². The fourth-order valence-corrected chi connectivity index (χ4v) is 1.25. The maximum Gasteiger partial charge on any atom is 0.286 e. The molecule has 1 aliphatic rings. The van der Waals surface area contributed by atoms with Crippen LogP contribution in [0, 0.1) is 11.3 Å². The van der Waals surface area contributed by atoms with E-state index in [-0.39, 0.29) is 0 Å². The zero-order valence-electron chi connectivity index (χ0n) is 7.11. The molecule has 5 N–H and O–H groups in total. The first kappa shape index (κ1) is 11.3. The van der Waals surface area contributed by atoms with E-state index in [1.807, 2.05) is 0 Å². The van der Waals surface area contributed by atoms with Crippen molar-refractivity contribution in [2.75, 3.05) is 6.61 Å². The number of aliphatic hydroxyl groups is 5. The number of hydrogen-bond acceptors (Lipinski definition) is 7. The molecule has 0 aromatic heterocycles. The molecule has 1 heterocycles. The van der Waals surface area contributed by atoms with Crippen LogP contribution < -0.4 is 0 Å². The molecule has 80 valence electrons. The summed E-state index contributed by atoms with van der Waals surface area (Å²) in [7, 11) is 0. The SMILES string of the molecule is N#C[C@@]1(O)O[C@H](CO)[C@@H](O)[C@H](O)[C@@H]1O. The standard InChI is InChI=1S/C7H11NO6/c8-2-7(13)6(12)5(11)4(10)3(1-9)14-7/h3-6,9-13H,1H2/t3-,4-,5+,6+,7-/m1/s1. The molecule has 0 amide bonds. The first-order chi connectivity index (χ1) is 6.46. The minimum Gasteiger partial charge on any atom is -0.394 e. The second kappa shape index (κ2) is 3.78.